The molecule has 1 aliphatic rings. The van der Waals surface area contributed by atoms with Gasteiger partial charge in [0.25, 0.3) is 11.8 Å². The number of carbonyl (C=O) groups is 2. The molecule has 7 heteroatoms. The van der Waals surface area contributed by atoms with E-state index in [1.807, 2.05) is 39.8 Å². The van der Waals surface area contributed by atoms with Crippen LogP contribution < -0.4 is 15.0 Å². The number of halogens is 2. The van der Waals surface area contributed by atoms with Crippen molar-refractivity contribution in [1.82, 2.24) is 0 Å². The van der Waals surface area contributed by atoms with E-state index in [9.17, 15) is 18.4 Å². The molecule has 34 heavy (non-hydrogen) atoms. The van der Waals surface area contributed by atoms with Gasteiger partial charge in [0.2, 0.25) is 0 Å². The molecule has 0 aliphatic carbocycles. The third-order valence-corrected chi connectivity index (χ3v) is 5.53. The van der Waals surface area contributed by atoms with Crippen LogP contribution in [0.5, 0.6) is 5.75 Å². The first kappa shape index (κ1) is 23.2. The molecule has 4 rings (SSSR count). The Morgan fingerprint density at radius 3 is 2.18 bits per heavy atom. The van der Waals surface area contributed by atoms with Crippen molar-refractivity contribution in [2.24, 2.45) is 0 Å². The van der Waals surface area contributed by atoms with Crippen molar-refractivity contribution >= 4 is 28.8 Å². The number of carbonyl (C=O) groups excluding carboxylic acids is 2. The van der Waals surface area contributed by atoms with Crippen LogP contribution in [-0.4, -0.2) is 17.9 Å². The normalized spacial score (nSPS) is 13.8. The Morgan fingerprint density at radius 2 is 1.56 bits per heavy atom. The molecular formula is C27H24F2N2O3. The van der Waals surface area contributed by atoms with Gasteiger partial charge in [0.15, 0.2) is 0 Å². The summed E-state index contributed by atoms with van der Waals surface area (Å²) in [6, 6.07) is 15.1. The molecule has 1 aliphatic heterocycles. The Morgan fingerprint density at radius 1 is 0.853 bits per heavy atom. The van der Waals surface area contributed by atoms with E-state index in [-0.39, 0.29) is 23.1 Å². The number of rotatable bonds is 6. The molecule has 5 nitrogen and oxygen atoms in total. The number of amides is 2. The lowest BCUT2D eigenvalue weighted by atomic mass is 9.99. The molecule has 0 radical (unpaired) electrons. The minimum atomic E-state index is -1.00. The van der Waals surface area contributed by atoms with E-state index < -0.39 is 23.4 Å². The minimum Gasteiger partial charge on any atom is -0.491 e. The first-order valence-corrected chi connectivity index (χ1v) is 10.8. The molecule has 174 valence electrons. The van der Waals surface area contributed by atoms with Gasteiger partial charge in [0, 0.05) is 11.8 Å². The maximum atomic E-state index is 14.6. The Kier molecular flexibility index (Phi) is 6.20. The highest BCUT2D eigenvalue weighted by Crippen LogP contribution is 2.35. The van der Waals surface area contributed by atoms with E-state index in [0.717, 1.165) is 28.2 Å². The first-order valence-electron chi connectivity index (χ1n) is 10.8. The summed E-state index contributed by atoms with van der Waals surface area (Å²) in [5.41, 5.74) is 2.84. The van der Waals surface area contributed by atoms with Crippen LogP contribution in [-0.2, 0) is 9.59 Å². The van der Waals surface area contributed by atoms with E-state index in [4.69, 9.17) is 4.74 Å². The van der Waals surface area contributed by atoms with Gasteiger partial charge in [0.1, 0.15) is 23.1 Å². The van der Waals surface area contributed by atoms with Gasteiger partial charge in [-0.05, 0) is 80.8 Å². The van der Waals surface area contributed by atoms with Gasteiger partial charge >= 0.3 is 0 Å². The van der Waals surface area contributed by atoms with Crippen LogP contribution in [0.1, 0.15) is 30.5 Å². The number of nitrogens with zero attached hydrogens (tertiary/aromatic N) is 1. The zero-order chi connectivity index (χ0) is 24.6. The van der Waals surface area contributed by atoms with Crippen molar-refractivity contribution in [3.05, 3.63) is 94.7 Å². The number of aryl methyl sites for hydroxylation is 2. The number of imide groups is 1. The Hall–Kier alpha value is -4.00. The highest BCUT2D eigenvalue weighted by Gasteiger charge is 2.41. The predicted molar refractivity (Wildman–Crippen MR) is 128 cm³/mol. The second kappa shape index (κ2) is 9.09. The maximum absolute atomic E-state index is 14.6. The van der Waals surface area contributed by atoms with Gasteiger partial charge in [-0.3, -0.25) is 9.59 Å². The van der Waals surface area contributed by atoms with Gasteiger partial charge in [-0.2, -0.15) is 0 Å². The van der Waals surface area contributed by atoms with Gasteiger partial charge in [-0.25, -0.2) is 13.7 Å². The van der Waals surface area contributed by atoms with Crippen molar-refractivity contribution < 1.29 is 23.1 Å². The fourth-order valence-corrected chi connectivity index (χ4v) is 3.73. The van der Waals surface area contributed by atoms with Gasteiger partial charge in [-0.1, -0.05) is 18.2 Å². The number of anilines is 2. The Bertz CT molecular complexity index is 1310. The molecule has 0 spiro atoms. The maximum Gasteiger partial charge on any atom is 0.282 e. The Balaban J connectivity index is 1.79. The first-order chi connectivity index (χ1) is 16.2. The third-order valence-electron chi connectivity index (χ3n) is 5.53. The van der Waals surface area contributed by atoms with Crippen LogP contribution in [0.4, 0.5) is 20.2 Å². The lowest BCUT2D eigenvalue weighted by Gasteiger charge is -2.16. The summed E-state index contributed by atoms with van der Waals surface area (Å²) in [5, 5.41) is 3.03. The summed E-state index contributed by atoms with van der Waals surface area (Å²) in [7, 11) is 0. The van der Waals surface area contributed by atoms with E-state index in [1.165, 1.54) is 0 Å². The predicted octanol–water partition coefficient (Wildman–Crippen LogP) is 5.77. The topological polar surface area (TPSA) is 58.6 Å². The van der Waals surface area contributed by atoms with Crippen LogP contribution >= 0.6 is 0 Å². The van der Waals surface area contributed by atoms with Crippen LogP contribution in [0, 0.1) is 25.5 Å². The number of nitrogens with one attached hydrogen (secondary N) is 1. The summed E-state index contributed by atoms with van der Waals surface area (Å²) in [5.74, 6) is -2.57. The van der Waals surface area contributed by atoms with E-state index in [1.54, 1.807) is 30.3 Å². The van der Waals surface area contributed by atoms with Crippen LogP contribution in [0.3, 0.4) is 0 Å². The van der Waals surface area contributed by atoms with E-state index in [0.29, 0.717) is 23.1 Å². The molecule has 0 fully saturated rings. The smallest absolute Gasteiger partial charge is 0.282 e. The largest absolute Gasteiger partial charge is 0.491 e. The monoisotopic (exact) mass is 462 g/mol. The molecule has 2 amide bonds. The summed E-state index contributed by atoms with van der Waals surface area (Å²) in [4.78, 5) is 27.6. The van der Waals surface area contributed by atoms with Crippen molar-refractivity contribution in [2.75, 3.05) is 10.2 Å². The molecule has 0 atom stereocenters. The van der Waals surface area contributed by atoms with Gasteiger partial charge in [-0.15, -0.1) is 0 Å². The SMILES string of the molecule is Cc1ccc(C2=C(Nc3ccc(OC(C)C)cc3)C(=O)N(c3ccc(F)cc3F)C2=O)cc1C. The molecule has 3 aromatic carbocycles. The molecule has 1 N–H and O–H groups in total. The molecule has 1 heterocycles. The summed E-state index contributed by atoms with van der Waals surface area (Å²) in [6.45, 7) is 7.67. The molecule has 3 aromatic rings. The average molecular weight is 462 g/mol. The highest BCUT2D eigenvalue weighted by atomic mass is 19.1. The number of hydrogen-bond acceptors (Lipinski definition) is 4. The van der Waals surface area contributed by atoms with Crippen LogP contribution in [0.15, 0.2) is 66.4 Å². The lowest BCUT2D eigenvalue weighted by molar-refractivity contribution is -0.120. The zero-order valence-corrected chi connectivity index (χ0v) is 19.3. The molecule has 0 unspecified atom stereocenters. The standard InChI is InChI=1S/C27H24F2N2O3/c1-15(2)34-21-10-8-20(9-11-21)30-25-24(18-6-5-16(3)17(4)13-18)26(32)31(27(25)33)23-12-7-19(28)14-22(23)29/h5-15,30H,1-4H3. The van der Waals surface area contributed by atoms with E-state index >= 15 is 0 Å². The van der Waals surface area contributed by atoms with Crippen molar-refractivity contribution in [1.29, 1.82) is 0 Å². The number of benzene rings is 3. The van der Waals surface area contributed by atoms with Crippen molar-refractivity contribution in [2.45, 2.75) is 33.8 Å². The fourth-order valence-electron chi connectivity index (χ4n) is 3.73. The second-order valence-electron chi connectivity index (χ2n) is 8.41. The number of hydrogen-bond donors (Lipinski definition) is 1. The second-order valence-corrected chi connectivity index (χ2v) is 8.41. The van der Waals surface area contributed by atoms with Gasteiger partial charge in [0.05, 0.1) is 17.4 Å². The van der Waals surface area contributed by atoms with Crippen LogP contribution in [0.25, 0.3) is 5.57 Å². The van der Waals surface area contributed by atoms with Crippen LogP contribution in [0.2, 0.25) is 0 Å². The summed E-state index contributed by atoms with van der Waals surface area (Å²) < 4.78 is 33.7. The summed E-state index contributed by atoms with van der Waals surface area (Å²) >= 11 is 0. The lowest BCUT2D eigenvalue weighted by Crippen LogP contribution is -2.33. The fraction of sp³-hybridized carbons (Fsp3) is 0.185. The van der Waals surface area contributed by atoms with E-state index in [2.05, 4.69) is 5.32 Å². The number of ether oxygens (including phenoxy) is 1. The quantitative estimate of drug-likeness (QED) is 0.473. The zero-order valence-electron chi connectivity index (χ0n) is 19.3. The minimum absolute atomic E-state index is 0.00564. The molecular weight excluding hydrogens is 438 g/mol. The molecule has 0 saturated carbocycles. The molecule has 0 saturated heterocycles. The Labute approximate surface area is 196 Å². The molecule has 0 bridgehead atoms. The van der Waals surface area contributed by atoms with Crippen molar-refractivity contribution in [3.8, 4) is 5.75 Å². The van der Waals surface area contributed by atoms with Gasteiger partial charge < -0.3 is 10.1 Å². The third kappa shape index (κ3) is 4.41. The highest BCUT2D eigenvalue weighted by molar-refractivity contribution is 6.46. The summed E-state index contributed by atoms with van der Waals surface area (Å²) in [6.07, 6.45) is 0.00564. The molecule has 0 aromatic heterocycles. The average Bonchev–Trinajstić information content (AvgIpc) is 3.01. The van der Waals surface area contributed by atoms with Crippen molar-refractivity contribution in [3.63, 3.8) is 0 Å².